The molecule has 0 radical (unpaired) electrons. The van der Waals surface area contributed by atoms with E-state index in [1.165, 1.54) is 16.7 Å². The monoisotopic (exact) mass is 210 g/mol. The van der Waals surface area contributed by atoms with Crippen LogP contribution in [0.25, 0.3) is 0 Å². The Bertz CT molecular complexity index is 221. The molecule has 1 heteroatoms. The summed E-state index contributed by atoms with van der Waals surface area (Å²) in [6, 6.07) is 6.30. The van der Waals surface area contributed by atoms with Crippen molar-refractivity contribution < 1.29 is 4.74 Å². The second-order valence-electron chi connectivity index (χ2n) is 2.80. The molecule has 1 nitrogen and oxygen atoms in total. The van der Waals surface area contributed by atoms with Crippen LogP contribution in [-0.2, 0) is 11.3 Å². The number of benzene rings is 1. The Labute approximate surface area is 95.5 Å². The molecule has 0 aliphatic carbocycles. The molecule has 1 rings (SSSR count). The Kier molecular flexibility index (Phi) is 12.5. The first kappa shape index (κ1) is 16.6. The summed E-state index contributed by atoms with van der Waals surface area (Å²) < 4.78 is 5.09. The SMILES string of the molecule is CC.CC.COCc1c(C)cccc1C. The predicted octanol–water partition coefficient (Wildman–Crippen LogP) is 4.50. The molecule has 0 saturated carbocycles. The summed E-state index contributed by atoms with van der Waals surface area (Å²) in [5.41, 5.74) is 3.94. The fraction of sp³-hybridized carbons (Fsp3) is 0.571. The Balaban J connectivity index is 0. The second kappa shape index (κ2) is 11.3. The van der Waals surface area contributed by atoms with Gasteiger partial charge >= 0.3 is 0 Å². The van der Waals surface area contributed by atoms with E-state index in [9.17, 15) is 0 Å². The van der Waals surface area contributed by atoms with E-state index in [-0.39, 0.29) is 0 Å². The minimum atomic E-state index is 0.721. The molecule has 0 bridgehead atoms. The van der Waals surface area contributed by atoms with E-state index in [0.717, 1.165) is 6.61 Å². The van der Waals surface area contributed by atoms with Crippen molar-refractivity contribution in [3.63, 3.8) is 0 Å². The van der Waals surface area contributed by atoms with Gasteiger partial charge in [-0.05, 0) is 30.5 Å². The number of hydrogen-bond donors (Lipinski definition) is 0. The molecule has 0 unspecified atom stereocenters. The molecule has 0 saturated heterocycles. The highest BCUT2D eigenvalue weighted by Crippen LogP contribution is 2.13. The number of ether oxygens (including phenoxy) is 1. The van der Waals surface area contributed by atoms with Gasteiger partial charge in [-0.15, -0.1) is 0 Å². The Hall–Kier alpha value is -0.820. The van der Waals surface area contributed by atoms with Crippen molar-refractivity contribution in [2.45, 2.75) is 48.1 Å². The van der Waals surface area contributed by atoms with E-state index >= 15 is 0 Å². The minimum Gasteiger partial charge on any atom is -0.380 e. The van der Waals surface area contributed by atoms with Crippen molar-refractivity contribution in [3.8, 4) is 0 Å². The van der Waals surface area contributed by atoms with Gasteiger partial charge in [-0.1, -0.05) is 45.9 Å². The van der Waals surface area contributed by atoms with Crippen LogP contribution in [0.1, 0.15) is 44.4 Å². The zero-order chi connectivity index (χ0) is 12.3. The fourth-order valence-corrected chi connectivity index (χ4v) is 1.22. The Morgan fingerprint density at radius 2 is 1.33 bits per heavy atom. The first-order chi connectivity index (χ1) is 7.25. The van der Waals surface area contributed by atoms with Crippen LogP contribution in [0.2, 0.25) is 0 Å². The molecule has 0 fully saturated rings. The standard InChI is InChI=1S/C10H14O.2C2H6/c1-8-5-4-6-9(2)10(8)7-11-3;2*1-2/h4-6H,7H2,1-3H3;2*1-2H3. The highest BCUT2D eigenvalue weighted by atomic mass is 16.5. The normalized spacial score (nSPS) is 8.20. The molecule has 0 N–H and O–H groups in total. The number of rotatable bonds is 2. The lowest BCUT2D eigenvalue weighted by Crippen LogP contribution is -1.94. The quantitative estimate of drug-likeness (QED) is 0.698. The molecule has 0 aliphatic rings. The summed E-state index contributed by atoms with van der Waals surface area (Å²) >= 11 is 0. The van der Waals surface area contributed by atoms with E-state index in [1.54, 1.807) is 7.11 Å². The maximum Gasteiger partial charge on any atom is 0.0718 e. The van der Waals surface area contributed by atoms with Crippen molar-refractivity contribution >= 4 is 0 Å². The summed E-state index contributed by atoms with van der Waals surface area (Å²) in [6.07, 6.45) is 0. The number of methoxy groups -OCH3 is 1. The molecule has 0 heterocycles. The van der Waals surface area contributed by atoms with Gasteiger partial charge in [0.25, 0.3) is 0 Å². The average molecular weight is 210 g/mol. The van der Waals surface area contributed by atoms with Gasteiger partial charge < -0.3 is 4.74 Å². The van der Waals surface area contributed by atoms with Crippen LogP contribution in [0, 0.1) is 13.8 Å². The molecule has 0 aromatic heterocycles. The van der Waals surface area contributed by atoms with Crippen LogP contribution in [0.5, 0.6) is 0 Å². The third-order valence-corrected chi connectivity index (χ3v) is 1.93. The first-order valence-electron chi connectivity index (χ1n) is 5.79. The molecule has 1 aromatic rings. The van der Waals surface area contributed by atoms with Crippen LogP contribution in [0.3, 0.4) is 0 Å². The highest BCUT2D eigenvalue weighted by Gasteiger charge is 1.99. The van der Waals surface area contributed by atoms with Crippen LogP contribution in [-0.4, -0.2) is 7.11 Å². The maximum absolute atomic E-state index is 5.09. The fourth-order valence-electron chi connectivity index (χ4n) is 1.22. The first-order valence-corrected chi connectivity index (χ1v) is 5.79. The smallest absolute Gasteiger partial charge is 0.0718 e. The van der Waals surface area contributed by atoms with E-state index in [2.05, 4.69) is 32.0 Å². The van der Waals surface area contributed by atoms with E-state index < -0.39 is 0 Å². The second-order valence-corrected chi connectivity index (χ2v) is 2.80. The zero-order valence-electron chi connectivity index (χ0n) is 11.3. The third-order valence-electron chi connectivity index (χ3n) is 1.93. The molecule has 1 aromatic carbocycles. The number of aryl methyl sites for hydroxylation is 2. The molecule has 15 heavy (non-hydrogen) atoms. The summed E-state index contributed by atoms with van der Waals surface area (Å²) in [6.45, 7) is 12.9. The lowest BCUT2D eigenvalue weighted by Gasteiger charge is -2.07. The lowest BCUT2D eigenvalue weighted by molar-refractivity contribution is 0.184. The van der Waals surface area contributed by atoms with Crippen molar-refractivity contribution in [3.05, 3.63) is 34.9 Å². The summed E-state index contributed by atoms with van der Waals surface area (Å²) in [5.74, 6) is 0. The maximum atomic E-state index is 5.09. The predicted molar refractivity (Wildman–Crippen MR) is 69.3 cm³/mol. The van der Waals surface area contributed by atoms with E-state index in [0.29, 0.717) is 0 Å². The Morgan fingerprint density at radius 1 is 0.933 bits per heavy atom. The van der Waals surface area contributed by atoms with Gasteiger partial charge in [-0.25, -0.2) is 0 Å². The molecule has 0 spiro atoms. The number of hydrogen-bond acceptors (Lipinski definition) is 1. The van der Waals surface area contributed by atoms with Gasteiger partial charge in [0.15, 0.2) is 0 Å². The van der Waals surface area contributed by atoms with Crippen LogP contribution in [0.15, 0.2) is 18.2 Å². The van der Waals surface area contributed by atoms with Crippen molar-refractivity contribution in [2.24, 2.45) is 0 Å². The molecule has 0 amide bonds. The third kappa shape index (κ3) is 6.29. The van der Waals surface area contributed by atoms with E-state index in [4.69, 9.17) is 4.74 Å². The van der Waals surface area contributed by atoms with Gasteiger partial charge in [0, 0.05) is 7.11 Å². The average Bonchev–Trinajstić information content (AvgIpc) is 2.29. The molecule has 0 atom stereocenters. The van der Waals surface area contributed by atoms with E-state index in [1.807, 2.05) is 27.7 Å². The van der Waals surface area contributed by atoms with Gasteiger partial charge in [-0.3, -0.25) is 0 Å². The highest BCUT2D eigenvalue weighted by molar-refractivity contribution is 5.32. The summed E-state index contributed by atoms with van der Waals surface area (Å²) in [7, 11) is 1.73. The van der Waals surface area contributed by atoms with Crippen molar-refractivity contribution in [2.75, 3.05) is 7.11 Å². The van der Waals surface area contributed by atoms with Gasteiger partial charge in [0.05, 0.1) is 6.61 Å². The molecular formula is C14H26O. The van der Waals surface area contributed by atoms with Crippen LogP contribution < -0.4 is 0 Å². The molecule has 88 valence electrons. The van der Waals surface area contributed by atoms with Crippen LogP contribution >= 0.6 is 0 Å². The lowest BCUT2D eigenvalue weighted by atomic mass is 10.0. The zero-order valence-corrected chi connectivity index (χ0v) is 11.3. The summed E-state index contributed by atoms with van der Waals surface area (Å²) in [5, 5.41) is 0. The van der Waals surface area contributed by atoms with Gasteiger partial charge in [0.2, 0.25) is 0 Å². The Morgan fingerprint density at radius 3 is 1.67 bits per heavy atom. The van der Waals surface area contributed by atoms with Gasteiger partial charge in [-0.2, -0.15) is 0 Å². The molecule has 0 aliphatic heterocycles. The largest absolute Gasteiger partial charge is 0.380 e. The van der Waals surface area contributed by atoms with Crippen LogP contribution in [0.4, 0.5) is 0 Å². The summed E-state index contributed by atoms with van der Waals surface area (Å²) in [4.78, 5) is 0. The van der Waals surface area contributed by atoms with Crippen molar-refractivity contribution in [1.82, 2.24) is 0 Å². The minimum absolute atomic E-state index is 0.721. The van der Waals surface area contributed by atoms with Crippen molar-refractivity contribution in [1.29, 1.82) is 0 Å². The van der Waals surface area contributed by atoms with Gasteiger partial charge in [0.1, 0.15) is 0 Å². The topological polar surface area (TPSA) is 9.23 Å². The molecular weight excluding hydrogens is 184 g/mol.